The molecule has 1 aromatic carbocycles. The van der Waals surface area contributed by atoms with Crippen LogP contribution in [0.5, 0.6) is 0 Å². The first-order chi connectivity index (χ1) is 10.5. The van der Waals surface area contributed by atoms with Crippen LogP contribution in [0.2, 0.25) is 0 Å². The van der Waals surface area contributed by atoms with Gasteiger partial charge >= 0.3 is 0 Å². The lowest BCUT2D eigenvalue weighted by Crippen LogP contribution is -2.48. The van der Waals surface area contributed by atoms with Gasteiger partial charge in [-0.1, -0.05) is 12.1 Å². The predicted octanol–water partition coefficient (Wildman–Crippen LogP) is 1.13. The summed E-state index contributed by atoms with van der Waals surface area (Å²) in [5.41, 5.74) is 1.55. The van der Waals surface area contributed by atoms with Gasteiger partial charge in [-0.05, 0) is 36.4 Å². The number of rotatable bonds is 2. The number of tetrazole rings is 1. The Labute approximate surface area is 128 Å². The minimum absolute atomic E-state index is 0.0321. The van der Waals surface area contributed by atoms with Crippen molar-refractivity contribution in [2.24, 2.45) is 7.05 Å². The van der Waals surface area contributed by atoms with E-state index in [1.807, 2.05) is 43.0 Å². The average molecular weight is 301 g/mol. The van der Waals surface area contributed by atoms with Gasteiger partial charge < -0.3 is 9.64 Å². The van der Waals surface area contributed by atoms with Gasteiger partial charge in [-0.15, -0.1) is 5.10 Å². The molecule has 0 radical (unpaired) electrons. The first-order valence-corrected chi connectivity index (χ1v) is 7.32. The summed E-state index contributed by atoms with van der Waals surface area (Å²) in [5, 5.41) is 11.4. The van der Waals surface area contributed by atoms with Gasteiger partial charge in [-0.3, -0.25) is 4.79 Å². The Morgan fingerprint density at radius 2 is 1.82 bits per heavy atom. The highest BCUT2D eigenvalue weighted by atomic mass is 16.5. The van der Waals surface area contributed by atoms with E-state index >= 15 is 0 Å². The summed E-state index contributed by atoms with van der Waals surface area (Å²) in [6.45, 7) is 5.22. The van der Waals surface area contributed by atoms with Crippen LogP contribution < -0.4 is 0 Å². The zero-order chi connectivity index (χ0) is 15.7. The number of aryl methyl sites for hydroxylation is 1. The van der Waals surface area contributed by atoms with Crippen LogP contribution in [0.3, 0.4) is 0 Å². The highest BCUT2D eigenvalue weighted by Gasteiger charge is 2.26. The molecule has 2 atom stereocenters. The van der Waals surface area contributed by atoms with Crippen molar-refractivity contribution in [3.63, 3.8) is 0 Å². The third kappa shape index (κ3) is 2.85. The highest BCUT2D eigenvalue weighted by Crippen LogP contribution is 2.18. The Balaban J connectivity index is 1.78. The Hall–Kier alpha value is -2.28. The Morgan fingerprint density at radius 1 is 1.18 bits per heavy atom. The van der Waals surface area contributed by atoms with E-state index in [9.17, 15) is 4.79 Å². The molecule has 0 aliphatic carbocycles. The molecule has 1 aliphatic rings. The first-order valence-electron chi connectivity index (χ1n) is 7.32. The van der Waals surface area contributed by atoms with Crippen molar-refractivity contribution in [1.82, 2.24) is 25.1 Å². The molecule has 1 amide bonds. The lowest BCUT2D eigenvalue weighted by Gasteiger charge is -2.35. The fraction of sp³-hybridized carbons (Fsp3) is 0.467. The summed E-state index contributed by atoms with van der Waals surface area (Å²) in [6.07, 6.45) is 0.133. The monoisotopic (exact) mass is 301 g/mol. The predicted molar refractivity (Wildman–Crippen MR) is 80.1 cm³/mol. The minimum atomic E-state index is 0.0321. The molecule has 2 aromatic rings. The maximum atomic E-state index is 12.6. The molecule has 2 unspecified atom stereocenters. The molecular weight excluding hydrogens is 282 g/mol. The largest absolute Gasteiger partial charge is 0.372 e. The molecule has 1 fully saturated rings. The smallest absolute Gasteiger partial charge is 0.254 e. The molecule has 1 saturated heterocycles. The van der Waals surface area contributed by atoms with Crippen LogP contribution in [-0.2, 0) is 11.8 Å². The SMILES string of the molecule is CC1CN(C(=O)c2ccc(-c3nnnn3C)cc2)CC(C)O1. The molecule has 0 spiro atoms. The van der Waals surface area contributed by atoms with Crippen LogP contribution in [0.25, 0.3) is 11.4 Å². The van der Waals surface area contributed by atoms with Gasteiger partial charge in [0.1, 0.15) is 0 Å². The molecule has 116 valence electrons. The number of ether oxygens (including phenoxy) is 1. The second-order valence-corrected chi connectivity index (χ2v) is 5.67. The summed E-state index contributed by atoms with van der Waals surface area (Å²) in [4.78, 5) is 14.4. The molecule has 0 saturated carbocycles. The van der Waals surface area contributed by atoms with Crippen LogP contribution in [0.4, 0.5) is 0 Å². The van der Waals surface area contributed by atoms with E-state index in [4.69, 9.17) is 4.74 Å². The summed E-state index contributed by atoms with van der Waals surface area (Å²) >= 11 is 0. The minimum Gasteiger partial charge on any atom is -0.372 e. The van der Waals surface area contributed by atoms with Crippen molar-refractivity contribution < 1.29 is 9.53 Å². The molecule has 22 heavy (non-hydrogen) atoms. The van der Waals surface area contributed by atoms with E-state index in [-0.39, 0.29) is 18.1 Å². The van der Waals surface area contributed by atoms with Crippen LogP contribution in [0.1, 0.15) is 24.2 Å². The Kier molecular flexibility index (Phi) is 3.89. The summed E-state index contributed by atoms with van der Waals surface area (Å²) < 4.78 is 7.26. The normalized spacial score (nSPS) is 21.9. The number of benzene rings is 1. The van der Waals surface area contributed by atoms with Crippen molar-refractivity contribution in [2.45, 2.75) is 26.1 Å². The van der Waals surface area contributed by atoms with Gasteiger partial charge in [0, 0.05) is 31.3 Å². The van der Waals surface area contributed by atoms with E-state index < -0.39 is 0 Å². The molecule has 0 N–H and O–H groups in total. The lowest BCUT2D eigenvalue weighted by molar-refractivity contribution is -0.0586. The third-order valence-electron chi connectivity index (χ3n) is 3.72. The van der Waals surface area contributed by atoms with Gasteiger partial charge in [0.15, 0.2) is 5.82 Å². The van der Waals surface area contributed by atoms with Crippen molar-refractivity contribution in [2.75, 3.05) is 13.1 Å². The number of hydrogen-bond donors (Lipinski definition) is 0. The van der Waals surface area contributed by atoms with Gasteiger partial charge in [0.05, 0.1) is 12.2 Å². The number of hydrogen-bond acceptors (Lipinski definition) is 5. The van der Waals surface area contributed by atoms with Crippen LogP contribution in [0, 0.1) is 0 Å². The van der Waals surface area contributed by atoms with Crippen molar-refractivity contribution in [3.8, 4) is 11.4 Å². The van der Waals surface area contributed by atoms with Gasteiger partial charge in [0.25, 0.3) is 5.91 Å². The second kappa shape index (κ2) is 5.84. The maximum Gasteiger partial charge on any atom is 0.254 e. The number of nitrogens with zero attached hydrogens (tertiary/aromatic N) is 5. The second-order valence-electron chi connectivity index (χ2n) is 5.67. The fourth-order valence-electron chi connectivity index (χ4n) is 2.76. The summed E-state index contributed by atoms with van der Waals surface area (Å²) in [7, 11) is 1.78. The molecule has 3 rings (SSSR count). The zero-order valence-electron chi connectivity index (χ0n) is 12.9. The number of carbonyl (C=O) groups excluding carboxylic acids is 1. The molecule has 1 aliphatic heterocycles. The standard InChI is InChI=1S/C15H19N5O2/c1-10-8-20(9-11(2)22-10)15(21)13-6-4-12(5-7-13)14-16-17-18-19(14)3/h4-7,10-11H,8-9H2,1-3H3. The van der Waals surface area contributed by atoms with Gasteiger partial charge in [-0.25, -0.2) is 4.68 Å². The number of aromatic nitrogens is 4. The quantitative estimate of drug-likeness (QED) is 0.831. The fourth-order valence-corrected chi connectivity index (χ4v) is 2.76. The topological polar surface area (TPSA) is 73.1 Å². The average Bonchev–Trinajstić information content (AvgIpc) is 2.92. The first kappa shape index (κ1) is 14.6. The van der Waals surface area contributed by atoms with E-state index in [1.54, 1.807) is 11.7 Å². The molecule has 7 heteroatoms. The summed E-state index contributed by atoms with van der Waals surface area (Å²) in [6, 6.07) is 7.37. The Morgan fingerprint density at radius 3 is 2.36 bits per heavy atom. The maximum absolute atomic E-state index is 12.6. The van der Waals surface area contributed by atoms with Gasteiger partial charge in [-0.2, -0.15) is 0 Å². The third-order valence-corrected chi connectivity index (χ3v) is 3.72. The number of amides is 1. The zero-order valence-corrected chi connectivity index (χ0v) is 12.9. The molecule has 0 bridgehead atoms. The van der Waals surface area contributed by atoms with Gasteiger partial charge in [0.2, 0.25) is 0 Å². The molecular formula is C15H19N5O2. The van der Waals surface area contributed by atoms with Crippen molar-refractivity contribution in [3.05, 3.63) is 29.8 Å². The molecule has 7 nitrogen and oxygen atoms in total. The number of carbonyl (C=O) groups is 1. The summed E-state index contributed by atoms with van der Waals surface area (Å²) in [5.74, 6) is 0.706. The van der Waals surface area contributed by atoms with Crippen LogP contribution in [0.15, 0.2) is 24.3 Å². The van der Waals surface area contributed by atoms with E-state index in [1.165, 1.54) is 0 Å². The number of morpholine rings is 1. The van der Waals surface area contributed by atoms with Crippen molar-refractivity contribution >= 4 is 5.91 Å². The lowest BCUT2D eigenvalue weighted by atomic mass is 10.1. The molecule has 1 aromatic heterocycles. The molecule has 2 heterocycles. The Bertz CT molecular complexity index is 657. The van der Waals surface area contributed by atoms with Crippen LogP contribution >= 0.6 is 0 Å². The van der Waals surface area contributed by atoms with E-state index in [2.05, 4.69) is 15.5 Å². The highest BCUT2D eigenvalue weighted by molar-refractivity contribution is 5.94. The van der Waals surface area contributed by atoms with E-state index in [0.717, 1.165) is 5.56 Å². The van der Waals surface area contributed by atoms with E-state index in [0.29, 0.717) is 24.5 Å². The van der Waals surface area contributed by atoms with Crippen molar-refractivity contribution in [1.29, 1.82) is 0 Å². The van der Waals surface area contributed by atoms with Crippen LogP contribution in [-0.4, -0.2) is 56.3 Å².